The zero-order valence-corrected chi connectivity index (χ0v) is 13.2. The largest absolute Gasteiger partial charge is 0.349 e. The minimum atomic E-state index is 0.0385. The number of carbonyl (C=O) groups is 1. The van der Waals surface area contributed by atoms with Crippen molar-refractivity contribution in [1.29, 1.82) is 0 Å². The highest BCUT2D eigenvalue weighted by atomic mass is 16.1. The number of carbonyl (C=O) groups excluding carboxylic acids is 1. The van der Waals surface area contributed by atoms with Crippen molar-refractivity contribution < 1.29 is 4.79 Å². The summed E-state index contributed by atoms with van der Waals surface area (Å²) in [7, 11) is 0. The zero-order chi connectivity index (χ0) is 15.6. The van der Waals surface area contributed by atoms with Crippen molar-refractivity contribution in [2.75, 3.05) is 0 Å². The highest BCUT2D eigenvalue weighted by molar-refractivity contribution is 5.94. The number of fused-ring (bicyclic) bond motifs is 1. The quantitative estimate of drug-likeness (QED) is 0.948. The van der Waals surface area contributed by atoms with E-state index in [-0.39, 0.29) is 5.91 Å². The van der Waals surface area contributed by atoms with E-state index in [0.717, 1.165) is 30.4 Å². The number of nitrogens with zero attached hydrogens (tertiary/aromatic N) is 3. The van der Waals surface area contributed by atoms with Gasteiger partial charge in [-0.3, -0.25) is 4.79 Å². The van der Waals surface area contributed by atoms with Gasteiger partial charge in [0.1, 0.15) is 0 Å². The SMILES string of the molecule is O=C(NC1CCC2CCCC2C1)c1ccc(-n2ccnn2)cc1. The Hall–Kier alpha value is -2.17. The normalized spacial score (nSPS) is 26.7. The van der Waals surface area contributed by atoms with Crippen LogP contribution in [0.3, 0.4) is 0 Å². The van der Waals surface area contributed by atoms with Crippen molar-refractivity contribution in [1.82, 2.24) is 20.3 Å². The van der Waals surface area contributed by atoms with Crippen LogP contribution in [0.4, 0.5) is 0 Å². The molecule has 5 nitrogen and oxygen atoms in total. The molecule has 3 unspecified atom stereocenters. The third-order valence-electron chi connectivity index (χ3n) is 5.44. The molecule has 0 saturated heterocycles. The summed E-state index contributed by atoms with van der Waals surface area (Å²) in [4.78, 5) is 12.5. The maximum Gasteiger partial charge on any atom is 0.251 e. The van der Waals surface area contributed by atoms with Crippen LogP contribution in [0.25, 0.3) is 5.69 Å². The van der Waals surface area contributed by atoms with Crippen molar-refractivity contribution in [2.45, 2.75) is 44.6 Å². The molecule has 2 fully saturated rings. The molecule has 1 heterocycles. The lowest BCUT2D eigenvalue weighted by Gasteiger charge is -2.32. The molecule has 120 valence electrons. The molecule has 1 aromatic heterocycles. The van der Waals surface area contributed by atoms with Crippen LogP contribution in [0.2, 0.25) is 0 Å². The fraction of sp³-hybridized carbons (Fsp3) is 0.500. The van der Waals surface area contributed by atoms with E-state index < -0.39 is 0 Å². The van der Waals surface area contributed by atoms with E-state index in [4.69, 9.17) is 0 Å². The summed E-state index contributed by atoms with van der Waals surface area (Å²) in [5, 5.41) is 11.0. The van der Waals surface area contributed by atoms with Crippen LogP contribution in [-0.2, 0) is 0 Å². The molecule has 1 N–H and O–H groups in total. The first-order valence-electron chi connectivity index (χ1n) is 8.57. The third-order valence-corrected chi connectivity index (χ3v) is 5.44. The molecule has 2 aromatic rings. The molecule has 2 aliphatic rings. The molecule has 4 rings (SSSR count). The van der Waals surface area contributed by atoms with Gasteiger partial charge in [0.25, 0.3) is 5.91 Å². The Balaban J connectivity index is 1.39. The molecule has 23 heavy (non-hydrogen) atoms. The van der Waals surface area contributed by atoms with Gasteiger partial charge < -0.3 is 5.32 Å². The van der Waals surface area contributed by atoms with Gasteiger partial charge in [0.05, 0.1) is 18.1 Å². The fourth-order valence-corrected chi connectivity index (χ4v) is 4.21. The first-order chi connectivity index (χ1) is 11.3. The van der Waals surface area contributed by atoms with Crippen molar-refractivity contribution in [3.63, 3.8) is 0 Å². The number of hydrogen-bond acceptors (Lipinski definition) is 3. The Bertz CT molecular complexity index is 665. The van der Waals surface area contributed by atoms with Gasteiger partial charge in [-0.1, -0.05) is 24.5 Å². The van der Waals surface area contributed by atoms with E-state index in [2.05, 4.69) is 15.6 Å². The number of benzene rings is 1. The molecule has 5 heteroatoms. The highest BCUT2D eigenvalue weighted by Crippen LogP contribution is 2.42. The van der Waals surface area contributed by atoms with E-state index in [1.807, 2.05) is 24.3 Å². The smallest absolute Gasteiger partial charge is 0.251 e. The summed E-state index contributed by atoms with van der Waals surface area (Å²) in [6.45, 7) is 0. The van der Waals surface area contributed by atoms with Crippen molar-refractivity contribution >= 4 is 5.91 Å². The van der Waals surface area contributed by atoms with Gasteiger partial charge in [0, 0.05) is 11.6 Å². The Labute approximate surface area is 136 Å². The van der Waals surface area contributed by atoms with Crippen LogP contribution >= 0.6 is 0 Å². The van der Waals surface area contributed by atoms with Gasteiger partial charge >= 0.3 is 0 Å². The van der Waals surface area contributed by atoms with Crippen molar-refractivity contribution in [3.8, 4) is 5.69 Å². The molecule has 2 aliphatic carbocycles. The van der Waals surface area contributed by atoms with Crippen molar-refractivity contribution in [2.24, 2.45) is 11.8 Å². The average molecular weight is 310 g/mol. The summed E-state index contributed by atoms with van der Waals surface area (Å²) in [6.07, 6.45) is 11.1. The Morgan fingerprint density at radius 3 is 2.70 bits per heavy atom. The van der Waals surface area contributed by atoms with Gasteiger partial charge in [-0.25, -0.2) is 4.68 Å². The predicted octanol–water partition coefficient (Wildman–Crippen LogP) is 2.97. The van der Waals surface area contributed by atoms with Crippen LogP contribution in [0, 0.1) is 11.8 Å². The standard InChI is InChI=1S/C18H22N4O/c23-18(20-16-7-4-13-2-1-3-15(13)12-16)14-5-8-17(9-6-14)22-11-10-19-21-22/h5-6,8-11,13,15-16H,1-4,7,12H2,(H,20,23). The Morgan fingerprint density at radius 2 is 1.91 bits per heavy atom. The second kappa shape index (κ2) is 6.14. The summed E-state index contributed by atoms with van der Waals surface area (Å²) < 4.78 is 1.68. The van der Waals surface area contributed by atoms with Crippen LogP contribution in [0.1, 0.15) is 48.9 Å². The van der Waals surface area contributed by atoms with Gasteiger partial charge in [-0.2, -0.15) is 0 Å². The van der Waals surface area contributed by atoms with Crippen LogP contribution in [0.5, 0.6) is 0 Å². The topological polar surface area (TPSA) is 59.8 Å². The number of amides is 1. The van der Waals surface area contributed by atoms with E-state index in [1.54, 1.807) is 17.1 Å². The van der Waals surface area contributed by atoms with Crippen LogP contribution in [0.15, 0.2) is 36.7 Å². The number of rotatable bonds is 3. The molecule has 3 atom stereocenters. The van der Waals surface area contributed by atoms with E-state index in [1.165, 1.54) is 25.7 Å². The molecule has 0 spiro atoms. The maximum absolute atomic E-state index is 12.5. The van der Waals surface area contributed by atoms with E-state index in [0.29, 0.717) is 11.6 Å². The van der Waals surface area contributed by atoms with Gasteiger partial charge in [-0.15, -0.1) is 5.10 Å². The second-order valence-corrected chi connectivity index (χ2v) is 6.83. The molecule has 2 saturated carbocycles. The molecule has 0 bridgehead atoms. The lowest BCUT2D eigenvalue weighted by Crippen LogP contribution is -2.39. The zero-order valence-electron chi connectivity index (χ0n) is 13.2. The number of aromatic nitrogens is 3. The highest BCUT2D eigenvalue weighted by Gasteiger charge is 2.34. The summed E-state index contributed by atoms with van der Waals surface area (Å²) in [6, 6.07) is 7.85. The monoisotopic (exact) mass is 310 g/mol. The second-order valence-electron chi connectivity index (χ2n) is 6.83. The molecular formula is C18H22N4O. The lowest BCUT2D eigenvalue weighted by molar-refractivity contribution is 0.0910. The Morgan fingerprint density at radius 1 is 1.09 bits per heavy atom. The van der Waals surface area contributed by atoms with E-state index in [9.17, 15) is 4.79 Å². The summed E-state index contributed by atoms with van der Waals surface area (Å²) >= 11 is 0. The predicted molar refractivity (Wildman–Crippen MR) is 87.3 cm³/mol. The van der Waals surface area contributed by atoms with Crippen LogP contribution in [-0.4, -0.2) is 26.9 Å². The third kappa shape index (κ3) is 3.00. The first kappa shape index (κ1) is 14.4. The first-order valence-corrected chi connectivity index (χ1v) is 8.57. The van der Waals surface area contributed by atoms with Gasteiger partial charge in [0.15, 0.2) is 0 Å². The minimum Gasteiger partial charge on any atom is -0.349 e. The molecule has 0 aliphatic heterocycles. The van der Waals surface area contributed by atoms with E-state index >= 15 is 0 Å². The van der Waals surface area contributed by atoms with Gasteiger partial charge in [0.2, 0.25) is 0 Å². The average Bonchev–Trinajstić information content (AvgIpc) is 3.26. The minimum absolute atomic E-state index is 0.0385. The maximum atomic E-state index is 12.5. The molecule has 1 aromatic carbocycles. The molecule has 1 amide bonds. The fourth-order valence-electron chi connectivity index (χ4n) is 4.21. The van der Waals surface area contributed by atoms with Crippen molar-refractivity contribution in [3.05, 3.63) is 42.2 Å². The van der Waals surface area contributed by atoms with Crippen LogP contribution < -0.4 is 5.32 Å². The molecular weight excluding hydrogens is 288 g/mol. The lowest BCUT2D eigenvalue weighted by atomic mass is 9.79. The summed E-state index contributed by atoms with van der Waals surface area (Å²) in [5.74, 6) is 1.80. The summed E-state index contributed by atoms with van der Waals surface area (Å²) in [5.41, 5.74) is 1.62. The van der Waals surface area contributed by atoms with Gasteiger partial charge in [-0.05, 0) is 55.4 Å². The number of nitrogens with one attached hydrogen (secondary N) is 1. The number of hydrogen-bond donors (Lipinski definition) is 1. The molecule has 0 radical (unpaired) electrons. The Kier molecular flexibility index (Phi) is 3.85.